The summed E-state index contributed by atoms with van der Waals surface area (Å²) in [5, 5.41) is 5.08. The second-order valence-corrected chi connectivity index (χ2v) is 9.54. The van der Waals surface area contributed by atoms with E-state index in [1.807, 2.05) is 13.0 Å². The number of nitrogens with two attached hydrogens (primary N) is 1. The van der Waals surface area contributed by atoms with Crippen LogP contribution in [0.4, 0.5) is 0 Å². The van der Waals surface area contributed by atoms with Crippen LogP contribution in [0, 0.1) is 19.8 Å². The normalized spacial score (nSPS) is 21.0. The van der Waals surface area contributed by atoms with Crippen molar-refractivity contribution in [2.75, 3.05) is 18.8 Å². The second kappa shape index (κ2) is 6.27. The van der Waals surface area contributed by atoms with Crippen molar-refractivity contribution in [1.29, 1.82) is 0 Å². The Hall–Kier alpha value is -0.960. The van der Waals surface area contributed by atoms with Gasteiger partial charge in [0.2, 0.25) is 20.0 Å². The van der Waals surface area contributed by atoms with Crippen LogP contribution in [0.5, 0.6) is 0 Å². The molecule has 1 unspecified atom stereocenters. The van der Waals surface area contributed by atoms with Crippen molar-refractivity contribution in [1.82, 2.24) is 4.31 Å². The van der Waals surface area contributed by atoms with E-state index in [9.17, 15) is 16.8 Å². The van der Waals surface area contributed by atoms with Gasteiger partial charge in [-0.25, -0.2) is 22.0 Å². The predicted octanol–water partition coefficient (Wildman–Crippen LogP) is 0.993. The monoisotopic (exact) mass is 346 g/mol. The zero-order chi connectivity index (χ0) is 16.5. The number of rotatable bonds is 4. The third kappa shape index (κ3) is 4.07. The van der Waals surface area contributed by atoms with E-state index >= 15 is 0 Å². The molecule has 1 aromatic rings. The van der Waals surface area contributed by atoms with Crippen LogP contribution in [-0.2, 0) is 20.0 Å². The maximum Gasteiger partial charge on any atom is 0.243 e. The average Bonchev–Trinajstić information content (AvgIpc) is 2.40. The zero-order valence-electron chi connectivity index (χ0n) is 12.8. The quantitative estimate of drug-likeness (QED) is 0.879. The molecule has 124 valence electrons. The lowest BCUT2D eigenvalue weighted by atomic mass is 10.0. The standard InChI is InChI=1S/C14H22N2O4S2/c1-11-5-6-12(2)14(8-11)22(19,20)16-7-3-4-13(9-16)10-21(15,17)18/h5-6,8,13H,3-4,7,9-10H2,1-2H3,(H2,15,17,18). The van der Waals surface area contributed by atoms with Gasteiger partial charge in [0.05, 0.1) is 10.6 Å². The lowest BCUT2D eigenvalue weighted by molar-refractivity contribution is 0.282. The molecule has 2 N–H and O–H groups in total. The molecule has 0 amide bonds. The van der Waals surface area contributed by atoms with Gasteiger partial charge in [-0.1, -0.05) is 12.1 Å². The largest absolute Gasteiger partial charge is 0.243 e. The van der Waals surface area contributed by atoms with Gasteiger partial charge in [0.1, 0.15) is 0 Å². The van der Waals surface area contributed by atoms with E-state index in [0.29, 0.717) is 29.8 Å². The fraction of sp³-hybridized carbons (Fsp3) is 0.571. The van der Waals surface area contributed by atoms with Gasteiger partial charge in [-0.3, -0.25) is 0 Å². The van der Waals surface area contributed by atoms with Gasteiger partial charge in [0, 0.05) is 13.1 Å². The third-order valence-corrected chi connectivity index (χ3v) is 6.85. The Balaban J connectivity index is 2.27. The minimum Gasteiger partial charge on any atom is -0.229 e. The summed E-state index contributed by atoms with van der Waals surface area (Å²) < 4.78 is 49.5. The first-order valence-electron chi connectivity index (χ1n) is 7.17. The lowest BCUT2D eigenvalue weighted by Crippen LogP contribution is -2.42. The summed E-state index contributed by atoms with van der Waals surface area (Å²) >= 11 is 0. The average molecular weight is 346 g/mol. The number of aryl methyl sites for hydroxylation is 2. The maximum atomic E-state index is 12.8. The van der Waals surface area contributed by atoms with Gasteiger partial charge in [-0.05, 0) is 49.8 Å². The maximum absolute atomic E-state index is 12.8. The van der Waals surface area contributed by atoms with Crippen LogP contribution in [0.25, 0.3) is 0 Å². The number of hydrogen-bond donors (Lipinski definition) is 1. The summed E-state index contributed by atoms with van der Waals surface area (Å²) in [6.07, 6.45) is 1.32. The number of nitrogens with zero attached hydrogens (tertiary/aromatic N) is 1. The van der Waals surface area contributed by atoms with E-state index < -0.39 is 20.0 Å². The summed E-state index contributed by atoms with van der Waals surface area (Å²) in [5.41, 5.74) is 1.57. The summed E-state index contributed by atoms with van der Waals surface area (Å²) in [6, 6.07) is 5.32. The molecule has 0 spiro atoms. The van der Waals surface area contributed by atoms with Crippen molar-refractivity contribution >= 4 is 20.0 Å². The summed E-state index contributed by atoms with van der Waals surface area (Å²) in [4.78, 5) is 0.295. The molecule has 0 bridgehead atoms. The molecule has 1 aliphatic heterocycles. The molecule has 0 aliphatic carbocycles. The van der Waals surface area contributed by atoms with Crippen molar-refractivity contribution in [3.05, 3.63) is 29.3 Å². The molecule has 22 heavy (non-hydrogen) atoms. The van der Waals surface area contributed by atoms with Crippen molar-refractivity contribution in [3.63, 3.8) is 0 Å². The van der Waals surface area contributed by atoms with Crippen LogP contribution < -0.4 is 5.14 Å². The van der Waals surface area contributed by atoms with Crippen molar-refractivity contribution in [2.45, 2.75) is 31.6 Å². The Morgan fingerprint density at radius 2 is 1.91 bits per heavy atom. The van der Waals surface area contributed by atoms with E-state index in [4.69, 9.17) is 5.14 Å². The van der Waals surface area contributed by atoms with E-state index in [1.54, 1.807) is 19.1 Å². The van der Waals surface area contributed by atoms with Crippen molar-refractivity contribution in [3.8, 4) is 0 Å². The zero-order valence-corrected chi connectivity index (χ0v) is 14.5. The number of piperidine rings is 1. The molecule has 0 aromatic heterocycles. The van der Waals surface area contributed by atoms with Gasteiger partial charge in [-0.15, -0.1) is 0 Å². The fourth-order valence-corrected chi connectivity index (χ4v) is 5.63. The highest BCUT2D eigenvalue weighted by Gasteiger charge is 2.32. The second-order valence-electron chi connectivity index (χ2n) is 5.97. The molecule has 1 saturated heterocycles. The molecule has 1 heterocycles. The molecule has 1 aliphatic rings. The highest BCUT2D eigenvalue weighted by atomic mass is 32.2. The molecule has 2 rings (SSSR count). The third-order valence-electron chi connectivity index (χ3n) is 3.91. The fourth-order valence-electron chi connectivity index (χ4n) is 2.83. The SMILES string of the molecule is Cc1ccc(C)c(S(=O)(=O)N2CCCC(CS(N)(=O)=O)C2)c1. The highest BCUT2D eigenvalue weighted by molar-refractivity contribution is 7.89. The smallest absolute Gasteiger partial charge is 0.229 e. The van der Waals surface area contributed by atoms with Crippen LogP contribution in [0.1, 0.15) is 24.0 Å². The van der Waals surface area contributed by atoms with Crippen molar-refractivity contribution < 1.29 is 16.8 Å². The van der Waals surface area contributed by atoms with Gasteiger partial charge in [0.25, 0.3) is 0 Å². The molecule has 8 heteroatoms. The lowest BCUT2D eigenvalue weighted by Gasteiger charge is -2.31. The first-order valence-corrected chi connectivity index (χ1v) is 10.3. The van der Waals surface area contributed by atoms with Crippen LogP contribution in [-0.4, -0.2) is 40.0 Å². The van der Waals surface area contributed by atoms with E-state index in [-0.39, 0.29) is 18.2 Å². The van der Waals surface area contributed by atoms with Crippen LogP contribution in [0.2, 0.25) is 0 Å². The van der Waals surface area contributed by atoms with Crippen LogP contribution in [0.15, 0.2) is 23.1 Å². The predicted molar refractivity (Wildman–Crippen MR) is 85.4 cm³/mol. The van der Waals surface area contributed by atoms with Crippen molar-refractivity contribution in [2.24, 2.45) is 11.1 Å². The first-order chi connectivity index (χ1) is 10.1. The molecule has 0 radical (unpaired) electrons. The first kappa shape index (κ1) is 17.4. The minimum absolute atomic E-state index is 0.175. The Kier molecular flexibility index (Phi) is 4.96. The van der Waals surface area contributed by atoms with E-state index in [1.165, 1.54) is 4.31 Å². The number of sulfonamides is 2. The van der Waals surface area contributed by atoms with Gasteiger partial charge < -0.3 is 0 Å². The topological polar surface area (TPSA) is 97.5 Å². The van der Waals surface area contributed by atoms with Gasteiger partial charge in [0.15, 0.2) is 0 Å². The Bertz CT molecular complexity index is 757. The molecule has 1 fully saturated rings. The molecule has 1 atom stereocenters. The Labute approximate surface area is 132 Å². The van der Waals surface area contributed by atoms with E-state index in [0.717, 1.165) is 5.56 Å². The highest BCUT2D eigenvalue weighted by Crippen LogP contribution is 2.26. The molecule has 1 aromatic carbocycles. The van der Waals surface area contributed by atoms with Crippen LogP contribution >= 0.6 is 0 Å². The number of hydrogen-bond acceptors (Lipinski definition) is 4. The Morgan fingerprint density at radius 1 is 1.23 bits per heavy atom. The summed E-state index contributed by atoms with van der Waals surface area (Å²) in [6.45, 7) is 4.22. The minimum atomic E-state index is -3.61. The van der Waals surface area contributed by atoms with Crippen LogP contribution in [0.3, 0.4) is 0 Å². The number of primary sulfonamides is 1. The van der Waals surface area contributed by atoms with E-state index in [2.05, 4.69) is 0 Å². The summed E-state index contributed by atoms with van der Waals surface area (Å²) in [5.74, 6) is -0.421. The summed E-state index contributed by atoms with van der Waals surface area (Å²) in [7, 11) is -7.20. The van der Waals surface area contributed by atoms with Gasteiger partial charge >= 0.3 is 0 Å². The molecule has 0 saturated carbocycles. The molecule has 6 nitrogen and oxygen atoms in total. The Morgan fingerprint density at radius 3 is 2.55 bits per heavy atom. The molecular weight excluding hydrogens is 324 g/mol. The molecular formula is C14H22N2O4S2. The number of benzene rings is 1. The van der Waals surface area contributed by atoms with Gasteiger partial charge in [-0.2, -0.15) is 4.31 Å².